The third-order valence-electron chi connectivity index (χ3n) is 3.48. The van der Waals surface area contributed by atoms with Gasteiger partial charge >= 0.3 is 0 Å². The molecule has 16 heavy (non-hydrogen) atoms. The summed E-state index contributed by atoms with van der Waals surface area (Å²) >= 11 is 0. The Morgan fingerprint density at radius 1 is 1.50 bits per heavy atom. The SMILES string of the molecule is CCN1CCC(CNCCC(C)(C)C#N)C1. The van der Waals surface area contributed by atoms with Crippen molar-refractivity contribution >= 4 is 0 Å². The van der Waals surface area contributed by atoms with Gasteiger partial charge in [0.1, 0.15) is 0 Å². The maximum Gasteiger partial charge on any atom is 0.0684 e. The van der Waals surface area contributed by atoms with Crippen molar-refractivity contribution in [2.75, 3.05) is 32.7 Å². The monoisotopic (exact) mass is 223 g/mol. The molecule has 0 aromatic carbocycles. The molecule has 1 atom stereocenters. The number of hydrogen-bond acceptors (Lipinski definition) is 3. The molecule has 1 fully saturated rings. The minimum Gasteiger partial charge on any atom is -0.316 e. The Kier molecular flexibility index (Phi) is 5.24. The van der Waals surface area contributed by atoms with Crippen molar-refractivity contribution in [2.24, 2.45) is 11.3 Å². The number of rotatable bonds is 6. The van der Waals surface area contributed by atoms with E-state index in [1.54, 1.807) is 0 Å². The smallest absolute Gasteiger partial charge is 0.0684 e. The molecule has 1 aliphatic rings. The molecule has 3 heteroatoms. The molecule has 1 rings (SSSR count). The van der Waals surface area contributed by atoms with E-state index in [2.05, 4.69) is 23.2 Å². The number of nitrogens with zero attached hydrogens (tertiary/aromatic N) is 2. The van der Waals surface area contributed by atoms with Crippen LogP contribution in [0.3, 0.4) is 0 Å². The summed E-state index contributed by atoms with van der Waals surface area (Å²) in [5.74, 6) is 0.810. The number of nitriles is 1. The molecule has 3 nitrogen and oxygen atoms in total. The van der Waals surface area contributed by atoms with E-state index < -0.39 is 0 Å². The molecule has 1 aliphatic heterocycles. The van der Waals surface area contributed by atoms with Gasteiger partial charge in [-0.05, 0) is 58.8 Å². The van der Waals surface area contributed by atoms with Crippen LogP contribution >= 0.6 is 0 Å². The van der Waals surface area contributed by atoms with Gasteiger partial charge in [-0.2, -0.15) is 5.26 Å². The molecule has 1 N–H and O–H groups in total. The molecular formula is C13H25N3. The highest BCUT2D eigenvalue weighted by atomic mass is 15.1. The third-order valence-corrected chi connectivity index (χ3v) is 3.48. The zero-order valence-electron chi connectivity index (χ0n) is 10.9. The van der Waals surface area contributed by atoms with Gasteiger partial charge in [0.25, 0.3) is 0 Å². The summed E-state index contributed by atoms with van der Waals surface area (Å²) in [6.45, 7) is 12.0. The van der Waals surface area contributed by atoms with E-state index in [4.69, 9.17) is 5.26 Å². The predicted octanol–water partition coefficient (Wildman–Crippen LogP) is 1.86. The second kappa shape index (κ2) is 6.22. The van der Waals surface area contributed by atoms with Crippen molar-refractivity contribution in [3.05, 3.63) is 0 Å². The van der Waals surface area contributed by atoms with Gasteiger partial charge in [0.05, 0.1) is 11.5 Å². The predicted molar refractivity (Wildman–Crippen MR) is 67.1 cm³/mol. The molecule has 0 bridgehead atoms. The van der Waals surface area contributed by atoms with Gasteiger partial charge in [-0.25, -0.2) is 0 Å². The molecule has 0 radical (unpaired) electrons. The molecule has 1 heterocycles. The van der Waals surface area contributed by atoms with Crippen molar-refractivity contribution in [1.82, 2.24) is 10.2 Å². The van der Waals surface area contributed by atoms with Crippen LogP contribution in [0.1, 0.15) is 33.6 Å². The molecule has 1 saturated heterocycles. The van der Waals surface area contributed by atoms with Crippen LogP contribution in [0.4, 0.5) is 0 Å². The van der Waals surface area contributed by atoms with Crippen LogP contribution in [0.15, 0.2) is 0 Å². The van der Waals surface area contributed by atoms with Crippen molar-refractivity contribution in [2.45, 2.75) is 33.6 Å². The molecular weight excluding hydrogens is 198 g/mol. The number of nitrogens with one attached hydrogen (secondary N) is 1. The van der Waals surface area contributed by atoms with Gasteiger partial charge in [0, 0.05) is 6.54 Å². The highest BCUT2D eigenvalue weighted by Crippen LogP contribution is 2.18. The van der Waals surface area contributed by atoms with Crippen LogP contribution < -0.4 is 5.32 Å². The minimum absolute atomic E-state index is 0.182. The summed E-state index contributed by atoms with van der Waals surface area (Å²) in [6.07, 6.45) is 2.26. The summed E-state index contributed by atoms with van der Waals surface area (Å²) in [5, 5.41) is 12.4. The topological polar surface area (TPSA) is 39.1 Å². The second-order valence-electron chi connectivity index (χ2n) is 5.50. The average molecular weight is 223 g/mol. The molecule has 0 saturated carbocycles. The van der Waals surface area contributed by atoms with Crippen LogP contribution in [0, 0.1) is 22.7 Å². The van der Waals surface area contributed by atoms with Gasteiger partial charge in [0.2, 0.25) is 0 Å². The quantitative estimate of drug-likeness (QED) is 0.699. The zero-order valence-corrected chi connectivity index (χ0v) is 10.9. The second-order valence-corrected chi connectivity index (χ2v) is 5.50. The van der Waals surface area contributed by atoms with Crippen LogP contribution in [0.25, 0.3) is 0 Å². The minimum atomic E-state index is -0.182. The van der Waals surface area contributed by atoms with Crippen molar-refractivity contribution in [3.63, 3.8) is 0 Å². The maximum atomic E-state index is 8.89. The van der Waals surface area contributed by atoms with E-state index in [1.807, 2.05) is 13.8 Å². The summed E-state index contributed by atoms with van der Waals surface area (Å²) in [5.41, 5.74) is -0.182. The van der Waals surface area contributed by atoms with E-state index in [0.717, 1.165) is 25.4 Å². The Morgan fingerprint density at radius 2 is 2.25 bits per heavy atom. The fourth-order valence-corrected chi connectivity index (χ4v) is 2.13. The normalized spacial score (nSPS) is 22.2. The summed E-state index contributed by atoms with van der Waals surface area (Å²) in [7, 11) is 0. The Morgan fingerprint density at radius 3 is 2.81 bits per heavy atom. The molecule has 0 amide bonds. The Labute approximate surface area is 99.8 Å². The lowest BCUT2D eigenvalue weighted by atomic mass is 9.91. The van der Waals surface area contributed by atoms with E-state index >= 15 is 0 Å². The number of likely N-dealkylation sites (tertiary alicyclic amines) is 1. The summed E-state index contributed by atoms with van der Waals surface area (Å²) in [4.78, 5) is 2.51. The van der Waals surface area contributed by atoms with Crippen molar-refractivity contribution < 1.29 is 0 Å². The van der Waals surface area contributed by atoms with E-state index in [1.165, 1.54) is 26.1 Å². The lowest BCUT2D eigenvalue weighted by Gasteiger charge is -2.17. The zero-order chi connectivity index (χ0) is 12.0. The van der Waals surface area contributed by atoms with Crippen molar-refractivity contribution in [3.8, 4) is 6.07 Å². The Hall–Kier alpha value is -0.590. The number of hydrogen-bond donors (Lipinski definition) is 1. The first-order valence-electron chi connectivity index (χ1n) is 6.41. The summed E-state index contributed by atoms with van der Waals surface area (Å²) < 4.78 is 0. The molecule has 1 unspecified atom stereocenters. The van der Waals surface area contributed by atoms with E-state index in [0.29, 0.717) is 0 Å². The highest BCUT2D eigenvalue weighted by Gasteiger charge is 2.21. The highest BCUT2D eigenvalue weighted by molar-refractivity contribution is 4.91. The van der Waals surface area contributed by atoms with Gasteiger partial charge in [-0.1, -0.05) is 6.92 Å². The Bertz CT molecular complexity index is 242. The maximum absolute atomic E-state index is 8.89. The van der Waals surface area contributed by atoms with E-state index in [9.17, 15) is 0 Å². The van der Waals surface area contributed by atoms with Crippen molar-refractivity contribution in [1.29, 1.82) is 5.26 Å². The molecule has 0 aliphatic carbocycles. The average Bonchev–Trinajstić information content (AvgIpc) is 2.72. The first-order chi connectivity index (χ1) is 7.57. The molecule has 0 spiro atoms. The van der Waals surface area contributed by atoms with Crippen LogP contribution in [-0.4, -0.2) is 37.6 Å². The Balaban J connectivity index is 2.07. The first-order valence-corrected chi connectivity index (χ1v) is 6.41. The molecule has 92 valence electrons. The van der Waals surface area contributed by atoms with E-state index in [-0.39, 0.29) is 5.41 Å². The van der Waals surface area contributed by atoms with Gasteiger partial charge in [0.15, 0.2) is 0 Å². The van der Waals surface area contributed by atoms with Crippen LogP contribution in [-0.2, 0) is 0 Å². The third kappa shape index (κ3) is 4.51. The standard InChI is InChI=1S/C13H25N3/c1-4-16-8-5-12(10-16)9-15-7-6-13(2,3)11-14/h12,15H,4-10H2,1-3H3. The largest absolute Gasteiger partial charge is 0.316 e. The fraction of sp³-hybridized carbons (Fsp3) is 0.923. The van der Waals surface area contributed by atoms with Crippen LogP contribution in [0.5, 0.6) is 0 Å². The van der Waals surface area contributed by atoms with Gasteiger partial charge in [-0.3, -0.25) is 0 Å². The molecule has 0 aromatic rings. The molecule has 0 aromatic heterocycles. The van der Waals surface area contributed by atoms with Crippen LogP contribution in [0.2, 0.25) is 0 Å². The lowest BCUT2D eigenvalue weighted by Crippen LogP contribution is -2.28. The van der Waals surface area contributed by atoms with Gasteiger partial charge < -0.3 is 10.2 Å². The summed E-state index contributed by atoms with van der Waals surface area (Å²) in [6, 6.07) is 2.34. The fourth-order valence-electron chi connectivity index (χ4n) is 2.13. The lowest BCUT2D eigenvalue weighted by molar-refractivity contribution is 0.336. The first kappa shape index (κ1) is 13.5. The van der Waals surface area contributed by atoms with Gasteiger partial charge in [-0.15, -0.1) is 0 Å².